The fourth-order valence-electron chi connectivity index (χ4n) is 2.79. The molecule has 1 unspecified atom stereocenters. The predicted octanol–water partition coefficient (Wildman–Crippen LogP) is 0.815. The second-order valence-electron chi connectivity index (χ2n) is 6.18. The van der Waals surface area contributed by atoms with Gasteiger partial charge < -0.3 is 9.72 Å². The van der Waals surface area contributed by atoms with Gasteiger partial charge in [-0.15, -0.1) is 0 Å². The highest BCUT2D eigenvalue weighted by Crippen LogP contribution is 2.30. The van der Waals surface area contributed by atoms with Crippen molar-refractivity contribution in [2.24, 2.45) is 0 Å². The molecular weight excluding hydrogens is 304 g/mol. The van der Waals surface area contributed by atoms with Gasteiger partial charge in [0.25, 0.3) is 5.91 Å². The first-order valence-corrected chi connectivity index (χ1v) is 8.76. The molecule has 0 spiro atoms. The van der Waals surface area contributed by atoms with Gasteiger partial charge in [-0.25, -0.2) is 18.4 Å². The Balaban J connectivity index is 1.80. The third kappa shape index (κ3) is 2.47. The molecule has 1 fully saturated rings. The molecule has 2 aromatic rings. The molecule has 3 heterocycles. The minimum atomic E-state index is -3.10. The van der Waals surface area contributed by atoms with E-state index in [4.69, 9.17) is 0 Å². The molecule has 3 rings (SSSR count). The zero-order valence-corrected chi connectivity index (χ0v) is 13.3. The first kappa shape index (κ1) is 15.0. The van der Waals surface area contributed by atoms with Crippen molar-refractivity contribution in [2.45, 2.75) is 37.5 Å². The fourth-order valence-corrected chi connectivity index (χ4v) is 4.39. The molecule has 0 radical (unpaired) electrons. The predicted molar refractivity (Wildman–Crippen MR) is 81.3 cm³/mol. The SMILES string of the molecule is CC1(C)CC(NC(=O)c2nccn3ccnc23)CCS1(=O)=O. The summed E-state index contributed by atoms with van der Waals surface area (Å²) in [5.41, 5.74) is 0.737. The van der Waals surface area contributed by atoms with Crippen molar-refractivity contribution in [1.29, 1.82) is 0 Å². The highest BCUT2D eigenvalue weighted by atomic mass is 32.2. The van der Waals surface area contributed by atoms with Crippen molar-refractivity contribution in [1.82, 2.24) is 19.7 Å². The van der Waals surface area contributed by atoms with E-state index in [9.17, 15) is 13.2 Å². The highest BCUT2D eigenvalue weighted by Gasteiger charge is 2.41. The lowest BCUT2D eigenvalue weighted by atomic mass is 10.00. The second kappa shape index (κ2) is 5.05. The van der Waals surface area contributed by atoms with E-state index in [1.54, 1.807) is 43.0 Å². The average Bonchev–Trinajstić information content (AvgIpc) is 2.91. The van der Waals surface area contributed by atoms with E-state index >= 15 is 0 Å². The van der Waals surface area contributed by atoms with E-state index in [0.29, 0.717) is 18.5 Å². The summed E-state index contributed by atoms with van der Waals surface area (Å²) in [6, 6.07) is -0.178. The maximum atomic E-state index is 12.4. The Morgan fingerprint density at radius 2 is 2.00 bits per heavy atom. The number of rotatable bonds is 2. The summed E-state index contributed by atoms with van der Waals surface area (Å²) in [4.78, 5) is 20.6. The zero-order valence-electron chi connectivity index (χ0n) is 12.5. The standard InChI is InChI=1S/C14H18N4O3S/c1-14(2)9-10(3-8-22(14,20)21)17-13(19)11-12-16-5-7-18(12)6-4-15-11/h4-7,10H,3,8-9H2,1-2H3,(H,17,19). The quantitative estimate of drug-likeness (QED) is 0.883. The van der Waals surface area contributed by atoms with Gasteiger partial charge >= 0.3 is 0 Å². The van der Waals surface area contributed by atoms with Gasteiger partial charge in [0.2, 0.25) is 0 Å². The summed E-state index contributed by atoms with van der Waals surface area (Å²) in [5, 5.41) is 2.89. The van der Waals surface area contributed by atoms with Crippen LogP contribution < -0.4 is 5.32 Å². The molecule has 7 nitrogen and oxygen atoms in total. The van der Waals surface area contributed by atoms with Crippen LogP contribution in [0.1, 0.15) is 37.2 Å². The van der Waals surface area contributed by atoms with Crippen LogP contribution in [0, 0.1) is 0 Å². The summed E-state index contributed by atoms with van der Waals surface area (Å²) >= 11 is 0. The monoisotopic (exact) mass is 322 g/mol. The number of amides is 1. The van der Waals surface area contributed by atoms with Gasteiger partial charge in [-0.2, -0.15) is 0 Å². The molecule has 2 aromatic heterocycles. The second-order valence-corrected chi connectivity index (χ2v) is 8.92. The molecule has 1 atom stereocenters. The third-order valence-corrected chi connectivity index (χ3v) is 6.80. The lowest BCUT2D eigenvalue weighted by Gasteiger charge is -2.35. The molecule has 1 aliphatic heterocycles. The van der Waals surface area contributed by atoms with E-state index in [1.807, 2.05) is 0 Å². The highest BCUT2D eigenvalue weighted by molar-refractivity contribution is 7.92. The maximum Gasteiger partial charge on any atom is 0.273 e. The molecule has 1 aliphatic rings. The lowest BCUT2D eigenvalue weighted by molar-refractivity contribution is 0.0926. The number of carbonyl (C=O) groups is 1. The first-order chi connectivity index (χ1) is 10.3. The van der Waals surface area contributed by atoms with Crippen LogP contribution in [0.15, 0.2) is 24.8 Å². The summed E-state index contributed by atoms with van der Waals surface area (Å²) < 4.78 is 24.9. The molecule has 0 aliphatic carbocycles. The first-order valence-electron chi connectivity index (χ1n) is 7.11. The number of hydrogen-bond acceptors (Lipinski definition) is 5. The molecule has 1 amide bonds. The number of nitrogens with one attached hydrogen (secondary N) is 1. The van der Waals surface area contributed by atoms with Gasteiger partial charge in [0, 0.05) is 30.8 Å². The largest absolute Gasteiger partial charge is 0.348 e. The van der Waals surface area contributed by atoms with Crippen molar-refractivity contribution in [3.8, 4) is 0 Å². The number of imidazole rings is 1. The van der Waals surface area contributed by atoms with Gasteiger partial charge in [0.15, 0.2) is 21.2 Å². The van der Waals surface area contributed by atoms with Crippen molar-refractivity contribution in [3.63, 3.8) is 0 Å². The Labute approximate surface area is 128 Å². The number of hydrogen-bond donors (Lipinski definition) is 1. The minimum absolute atomic E-state index is 0.0892. The van der Waals surface area contributed by atoms with Crippen LogP contribution in [-0.4, -0.2) is 45.2 Å². The summed E-state index contributed by atoms with van der Waals surface area (Å²) in [5.74, 6) is -0.233. The Kier molecular flexibility index (Phi) is 3.43. The average molecular weight is 322 g/mol. The number of carbonyl (C=O) groups excluding carboxylic acids is 1. The molecule has 8 heteroatoms. The molecular formula is C14H18N4O3S. The Bertz CT molecular complexity index is 825. The molecule has 0 saturated carbocycles. The van der Waals surface area contributed by atoms with E-state index in [1.165, 1.54) is 0 Å². The van der Waals surface area contributed by atoms with Crippen LogP contribution in [0.5, 0.6) is 0 Å². The van der Waals surface area contributed by atoms with E-state index in [0.717, 1.165) is 0 Å². The van der Waals surface area contributed by atoms with Crippen molar-refractivity contribution < 1.29 is 13.2 Å². The van der Waals surface area contributed by atoms with Crippen LogP contribution in [0.25, 0.3) is 5.65 Å². The number of aromatic nitrogens is 3. The van der Waals surface area contributed by atoms with Gasteiger partial charge in [-0.3, -0.25) is 4.79 Å². The van der Waals surface area contributed by atoms with Gasteiger partial charge in [0.1, 0.15) is 0 Å². The van der Waals surface area contributed by atoms with E-state index in [-0.39, 0.29) is 23.4 Å². The minimum Gasteiger partial charge on any atom is -0.348 e. The maximum absolute atomic E-state index is 12.4. The number of fused-ring (bicyclic) bond motifs is 1. The lowest BCUT2D eigenvalue weighted by Crippen LogP contribution is -2.49. The van der Waals surface area contributed by atoms with Crippen LogP contribution in [0.4, 0.5) is 0 Å². The third-order valence-electron chi connectivity index (χ3n) is 4.18. The van der Waals surface area contributed by atoms with Gasteiger partial charge in [0.05, 0.1) is 10.5 Å². The normalized spacial score (nSPS) is 23.3. The summed E-state index contributed by atoms with van der Waals surface area (Å²) in [7, 11) is -3.10. The molecule has 0 aromatic carbocycles. The Morgan fingerprint density at radius 1 is 1.32 bits per heavy atom. The zero-order chi connectivity index (χ0) is 16.0. The molecule has 1 saturated heterocycles. The molecule has 22 heavy (non-hydrogen) atoms. The van der Waals surface area contributed by atoms with Crippen LogP contribution in [0.2, 0.25) is 0 Å². The Hall–Kier alpha value is -1.96. The molecule has 118 valence electrons. The van der Waals surface area contributed by atoms with Gasteiger partial charge in [-0.1, -0.05) is 0 Å². The number of sulfone groups is 1. The van der Waals surface area contributed by atoms with Crippen LogP contribution >= 0.6 is 0 Å². The van der Waals surface area contributed by atoms with Crippen molar-refractivity contribution in [3.05, 3.63) is 30.5 Å². The topological polar surface area (TPSA) is 93.4 Å². The van der Waals surface area contributed by atoms with Crippen LogP contribution in [0.3, 0.4) is 0 Å². The Morgan fingerprint density at radius 3 is 2.68 bits per heavy atom. The van der Waals surface area contributed by atoms with Crippen LogP contribution in [-0.2, 0) is 9.84 Å². The summed E-state index contributed by atoms with van der Waals surface area (Å²) in [6.07, 6.45) is 7.43. The van der Waals surface area contributed by atoms with E-state index < -0.39 is 14.6 Å². The smallest absolute Gasteiger partial charge is 0.273 e. The summed E-state index contributed by atoms with van der Waals surface area (Å²) in [6.45, 7) is 3.41. The molecule has 0 bridgehead atoms. The van der Waals surface area contributed by atoms with Gasteiger partial charge in [-0.05, 0) is 26.7 Å². The van der Waals surface area contributed by atoms with E-state index in [2.05, 4.69) is 15.3 Å². The van der Waals surface area contributed by atoms with Crippen molar-refractivity contribution in [2.75, 3.05) is 5.75 Å². The van der Waals surface area contributed by atoms with Crippen molar-refractivity contribution >= 4 is 21.4 Å². The molecule has 1 N–H and O–H groups in total. The number of nitrogens with zero attached hydrogens (tertiary/aromatic N) is 3. The fraction of sp³-hybridized carbons (Fsp3) is 0.500.